The first-order chi connectivity index (χ1) is 9.08. The van der Waals surface area contributed by atoms with Gasteiger partial charge in [-0.2, -0.15) is 0 Å². The van der Waals surface area contributed by atoms with Crippen molar-refractivity contribution < 1.29 is 9.53 Å². The van der Waals surface area contributed by atoms with Crippen LogP contribution in [-0.2, 0) is 4.74 Å². The van der Waals surface area contributed by atoms with Crippen molar-refractivity contribution in [1.82, 2.24) is 4.98 Å². The fourth-order valence-electron chi connectivity index (χ4n) is 1.70. The number of hydrogen-bond donors (Lipinski definition) is 0. The van der Waals surface area contributed by atoms with E-state index in [9.17, 15) is 4.79 Å². The first-order valence-electron chi connectivity index (χ1n) is 5.58. The standard InChI is InChI=1S/C13H11ClINO2S/c1-3-19-12-10(13(17)18-2)11(14)8-6-7(15)4-5-9(8)16-12/h4-6H,3H2,1-2H3. The Labute approximate surface area is 134 Å². The molecule has 2 rings (SSSR count). The highest BCUT2D eigenvalue weighted by atomic mass is 127. The summed E-state index contributed by atoms with van der Waals surface area (Å²) in [4.78, 5) is 16.4. The third kappa shape index (κ3) is 2.98. The molecule has 0 N–H and O–H groups in total. The molecule has 6 heteroatoms. The second-order valence-electron chi connectivity index (χ2n) is 3.69. The summed E-state index contributed by atoms with van der Waals surface area (Å²) < 4.78 is 5.85. The highest BCUT2D eigenvalue weighted by molar-refractivity contribution is 14.1. The van der Waals surface area contributed by atoms with Crippen molar-refractivity contribution >= 4 is 62.8 Å². The minimum absolute atomic E-state index is 0.352. The molecule has 2 aromatic rings. The van der Waals surface area contributed by atoms with Crippen LogP contribution in [0.2, 0.25) is 5.02 Å². The summed E-state index contributed by atoms with van der Waals surface area (Å²) in [6.07, 6.45) is 0. The van der Waals surface area contributed by atoms with Crippen molar-refractivity contribution in [2.75, 3.05) is 12.9 Å². The summed E-state index contributed by atoms with van der Waals surface area (Å²) in [5.41, 5.74) is 1.14. The Kier molecular flexibility index (Phi) is 4.92. The average molecular weight is 408 g/mol. The maximum Gasteiger partial charge on any atom is 0.342 e. The van der Waals surface area contributed by atoms with Crippen LogP contribution in [0.1, 0.15) is 17.3 Å². The lowest BCUT2D eigenvalue weighted by atomic mass is 10.1. The average Bonchev–Trinajstić information content (AvgIpc) is 2.40. The Bertz CT molecular complexity index is 648. The van der Waals surface area contributed by atoms with E-state index >= 15 is 0 Å². The normalized spacial score (nSPS) is 10.7. The summed E-state index contributed by atoms with van der Waals surface area (Å²) in [6, 6.07) is 5.78. The number of rotatable bonds is 3. The number of halogens is 2. The minimum atomic E-state index is -0.450. The van der Waals surface area contributed by atoms with E-state index in [-0.39, 0.29) is 0 Å². The lowest BCUT2D eigenvalue weighted by Gasteiger charge is -2.11. The molecule has 0 unspecified atom stereocenters. The van der Waals surface area contributed by atoms with Gasteiger partial charge in [-0.25, -0.2) is 9.78 Å². The molecule has 19 heavy (non-hydrogen) atoms. The number of hydrogen-bond acceptors (Lipinski definition) is 4. The van der Waals surface area contributed by atoms with Gasteiger partial charge >= 0.3 is 5.97 Å². The molecule has 0 aliphatic carbocycles. The monoisotopic (exact) mass is 407 g/mol. The summed E-state index contributed by atoms with van der Waals surface area (Å²) in [6.45, 7) is 2.00. The van der Waals surface area contributed by atoms with Crippen LogP contribution in [-0.4, -0.2) is 23.8 Å². The molecule has 0 saturated heterocycles. The summed E-state index contributed by atoms with van der Waals surface area (Å²) in [5.74, 6) is 0.359. The van der Waals surface area contributed by atoms with E-state index in [1.807, 2.05) is 25.1 Å². The number of fused-ring (bicyclic) bond motifs is 1. The van der Waals surface area contributed by atoms with Gasteiger partial charge in [-0.15, -0.1) is 11.8 Å². The number of aromatic nitrogens is 1. The Hall–Kier alpha value is -0.530. The van der Waals surface area contributed by atoms with Gasteiger partial charge in [0.05, 0.1) is 17.6 Å². The Balaban J connectivity index is 2.77. The number of pyridine rings is 1. The number of carbonyl (C=O) groups excluding carboxylic acids is 1. The van der Waals surface area contributed by atoms with E-state index < -0.39 is 5.97 Å². The number of carbonyl (C=O) groups is 1. The van der Waals surface area contributed by atoms with Crippen molar-refractivity contribution in [2.45, 2.75) is 11.9 Å². The highest BCUT2D eigenvalue weighted by Gasteiger charge is 2.20. The minimum Gasteiger partial charge on any atom is -0.465 e. The van der Waals surface area contributed by atoms with E-state index in [0.29, 0.717) is 15.6 Å². The molecule has 1 heterocycles. The molecular formula is C13H11ClINO2S. The van der Waals surface area contributed by atoms with Crippen LogP contribution in [0.25, 0.3) is 10.9 Å². The fraction of sp³-hybridized carbons (Fsp3) is 0.231. The Morgan fingerprint density at radius 2 is 2.26 bits per heavy atom. The molecule has 0 saturated carbocycles. The quantitative estimate of drug-likeness (QED) is 0.430. The van der Waals surface area contributed by atoms with Crippen LogP contribution in [0.5, 0.6) is 0 Å². The van der Waals surface area contributed by atoms with Gasteiger partial charge in [0.25, 0.3) is 0 Å². The number of thioether (sulfide) groups is 1. The molecule has 1 aromatic carbocycles. The molecule has 100 valence electrons. The molecule has 0 spiro atoms. The largest absolute Gasteiger partial charge is 0.465 e. The predicted octanol–water partition coefficient (Wildman–Crippen LogP) is 4.39. The van der Waals surface area contributed by atoms with Crippen LogP contribution in [0.15, 0.2) is 23.2 Å². The number of benzene rings is 1. The topological polar surface area (TPSA) is 39.2 Å². The van der Waals surface area contributed by atoms with E-state index in [2.05, 4.69) is 27.6 Å². The first kappa shape index (κ1) is 14.9. The third-order valence-corrected chi connectivity index (χ3v) is 4.44. The van der Waals surface area contributed by atoms with Crippen LogP contribution < -0.4 is 0 Å². The SMILES string of the molecule is CCSc1nc2ccc(I)cc2c(Cl)c1C(=O)OC. The summed E-state index contributed by atoms with van der Waals surface area (Å²) >= 11 is 10.1. The zero-order valence-electron chi connectivity index (χ0n) is 10.4. The van der Waals surface area contributed by atoms with Gasteiger partial charge in [0.2, 0.25) is 0 Å². The van der Waals surface area contributed by atoms with Gasteiger partial charge in [-0.1, -0.05) is 18.5 Å². The predicted molar refractivity (Wildman–Crippen MR) is 87.2 cm³/mol. The molecule has 0 aliphatic rings. The van der Waals surface area contributed by atoms with Crippen molar-refractivity contribution in [3.05, 3.63) is 32.4 Å². The first-order valence-corrected chi connectivity index (χ1v) is 8.02. The second kappa shape index (κ2) is 6.28. The molecule has 3 nitrogen and oxygen atoms in total. The number of methoxy groups -OCH3 is 1. The van der Waals surface area contributed by atoms with Crippen LogP contribution >= 0.6 is 46.0 Å². The van der Waals surface area contributed by atoms with Gasteiger partial charge in [-0.3, -0.25) is 0 Å². The van der Waals surface area contributed by atoms with Crippen molar-refractivity contribution in [3.8, 4) is 0 Å². The lowest BCUT2D eigenvalue weighted by molar-refractivity contribution is 0.0596. The van der Waals surface area contributed by atoms with Crippen LogP contribution in [0.4, 0.5) is 0 Å². The second-order valence-corrected chi connectivity index (χ2v) is 6.57. The van der Waals surface area contributed by atoms with Crippen molar-refractivity contribution in [1.29, 1.82) is 0 Å². The highest BCUT2D eigenvalue weighted by Crippen LogP contribution is 2.34. The van der Waals surface area contributed by atoms with Gasteiger partial charge in [0, 0.05) is 8.96 Å². The van der Waals surface area contributed by atoms with E-state index in [0.717, 1.165) is 20.2 Å². The maximum absolute atomic E-state index is 11.9. The van der Waals surface area contributed by atoms with Gasteiger partial charge < -0.3 is 4.74 Å². The van der Waals surface area contributed by atoms with Crippen LogP contribution in [0.3, 0.4) is 0 Å². The number of nitrogens with zero attached hydrogens (tertiary/aromatic N) is 1. The molecule has 0 aliphatic heterocycles. The molecule has 0 atom stereocenters. The lowest BCUT2D eigenvalue weighted by Crippen LogP contribution is -2.06. The maximum atomic E-state index is 11.9. The van der Waals surface area contributed by atoms with E-state index in [1.54, 1.807) is 0 Å². The molecule has 0 bridgehead atoms. The molecular weight excluding hydrogens is 397 g/mol. The van der Waals surface area contributed by atoms with Gasteiger partial charge in [-0.05, 0) is 46.5 Å². The van der Waals surface area contributed by atoms with Crippen molar-refractivity contribution in [3.63, 3.8) is 0 Å². The van der Waals surface area contributed by atoms with Gasteiger partial charge in [0.15, 0.2) is 0 Å². The van der Waals surface area contributed by atoms with E-state index in [4.69, 9.17) is 16.3 Å². The zero-order chi connectivity index (χ0) is 14.0. The number of ether oxygens (including phenoxy) is 1. The van der Waals surface area contributed by atoms with Crippen molar-refractivity contribution in [2.24, 2.45) is 0 Å². The third-order valence-electron chi connectivity index (χ3n) is 2.52. The summed E-state index contributed by atoms with van der Waals surface area (Å²) in [5, 5.41) is 1.80. The Morgan fingerprint density at radius 1 is 1.53 bits per heavy atom. The van der Waals surface area contributed by atoms with E-state index in [1.165, 1.54) is 18.9 Å². The van der Waals surface area contributed by atoms with Gasteiger partial charge in [0.1, 0.15) is 10.6 Å². The zero-order valence-corrected chi connectivity index (χ0v) is 14.1. The molecule has 1 aromatic heterocycles. The molecule has 0 fully saturated rings. The molecule has 0 radical (unpaired) electrons. The summed E-state index contributed by atoms with van der Waals surface area (Å²) in [7, 11) is 1.35. The Morgan fingerprint density at radius 3 is 2.89 bits per heavy atom. The fourth-order valence-corrected chi connectivity index (χ4v) is 3.33. The number of esters is 1. The molecule has 0 amide bonds. The smallest absolute Gasteiger partial charge is 0.342 e. The van der Waals surface area contributed by atoms with Crippen LogP contribution in [0, 0.1) is 3.57 Å².